The van der Waals surface area contributed by atoms with E-state index in [4.69, 9.17) is 18.9 Å². The van der Waals surface area contributed by atoms with Gasteiger partial charge in [0, 0.05) is 11.8 Å². The molecule has 2 heterocycles. The second-order valence-electron chi connectivity index (χ2n) is 8.25. The molecule has 5 rings (SSSR count). The molecule has 5 amide bonds. The van der Waals surface area contributed by atoms with E-state index < -0.39 is 29.6 Å². The molecule has 0 saturated carbocycles. The van der Waals surface area contributed by atoms with Gasteiger partial charge >= 0.3 is 6.03 Å². The molecule has 0 atom stereocenters. The van der Waals surface area contributed by atoms with Crippen LogP contribution in [0.25, 0.3) is 6.08 Å². The van der Waals surface area contributed by atoms with Gasteiger partial charge in [-0.2, -0.15) is 0 Å². The van der Waals surface area contributed by atoms with Crippen molar-refractivity contribution < 1.29 is 42.5 Å². The van der Waals surface area contributed by atoms with E-state index in [0.717, 1.165) is 4.90 Å². The monoisotopic (exact) mass is 533 g/mol. The van der Waals surface area contributed by atoms with E-state index >= 15 is 0 Å². The number of nitrogens with zero attached hydrogens (tertiary/aromatic N) is 1. The molecule has 0 bridgehead atoms. The maximum atomic E-state index is 13.2. The maximum Gasteiger partial charge on any atom is 0.335 e. The first-order chi connectivity index (χ1) is 18.8. The van der Waals surface area contributed by atoms with E-state index in [0.29, 0.717) is 22.7 Å². The molecule has 0 aliphatic carbocycles. The number of carbonyl (C=O) groups excluding carboxylic acids is 4. The Morgan fingerprint density at radius 2 is 1.79 bits per heavy atom. The summed E-state index contributed by atoms with van der Waals surface area (Å²) in [5, 5.41) is 4.73. The van der Waals surface area contributed by atoms with Crippen molar-refractivity contribution in [2.24, 2.45) is 0 Å². The van der Waals surface area contributed by atoms with E-state index in [-0.39, 0.29) is 36.2 Å². The molecule has 1 saturated heterocycles. The fraction of sp³-hybridized carbons (Fsp3) is 0.111. The highest BCUT2D eigenvalue weighted by Crippen LogP contribution is 2.36. The van der Waals surface area contributed by atoms with Gasteiger partial charge in [0.15, 0.2) is 29.6 Å². The van der Waals surface area contributed by atoms with Crippen LogP contribution in [-0.4, -0.2) is 44.3 Å². The first-order valence-electron chi connectivity index (χ1n) is 11.5. The van der Waals surface area contributed by atoms with Crippen molar-refractivity contribution in [3.8, 4) is 23.0 Å². The molecule has 2 aliphatic heterocycles. The summed E-state index contributed by atoms with van der Waals surface area (Å²) in [6.07, 6.45) is 1.30. The highest BCUT2D eigenvalue weighted by atomic mass is 19.1. The Morgan fingerprint density at radius 1 is 1.03 bits per heavy atom. The van der Waals surface area contributed by atoms with Crippen molar-refractivity contribution in [2.75, 3.05) is 30.7 Å². The molecule has 3 aromatic carbocycles. The SMILES string of the molecule is COc1cc(/C=C2\C(=O)NC(=O)N(c3ccc4c(c3)OCO4)C2=O)ccc1OCC(=O)Nc1ccc(F)cc1. The zero-order chi connectivity index (χ0) is 27.5. The quantitative estimate of drug-likeness (QED) is 0.350. The second kappa shape index (κ2) is 10.5. The molecule has 198 valence electrons. The Kier molecular flexibility index (Phi) is 6.83. The summed E-state index contributed by atoms with van der Waals surface area (Å²) in [6, 6.07) is 13.4. The van der Waals surface area contributed by atoms with E-state index in [1.807, 2.05) is 0 Å². The Hall–Kier alpha value is -5.39. The third-order valence-corrected chi connectivity index (χ3v) is 5.70. The van der Waals surface area contributed by atoms with Crippen LogP contribution in [-0.2, 0) is 14.4 Å². The second-order valence-corrected chi connectivity index (χ2v) is 8.25. The third-order valence-electron chi connectivity index (χ3n) is 5.70. The summed E-state index contributed by atoms with van der Waals surface area (Å²) < 4.78 is 34.5. The number of methoxy groups -OCH3 is 1. The summed E-state index contributed by atoms with van der Waals surface area (Å²) in [7, 11) is 1.39. The van der Waals surface area contributed by atoms with Gasteiger partial charge in [-0.3, -0.25) is 19.7 Å². The molecule has 0 radical (unpaired) electrons. The van der Waals surface area contributed by atoms with Crippen LogP contribution in [0.2, 0.25) is 0 Å². The molecular formula is C27H20FN3O8. The van der Waals surface area contributed by atoms with Crippen LogP contribution in [0.15, 0.2) is 66.2 Å². The number of amides is 5. The lowest BCUT2D eigenvalue weighted by Crippen LogP contribution is -2.54. The number of hydrogen-bond acceptors (Lipinski definition) is 8. The van der Waals surface area contributed by atoms with Crippen molar-refractivity contribution in [3.63, 3.8) is 0 Å². The number of barbiturate groups is 1. The number of hydrogen-bond donors (Lipinski definition) is 2. The van der Waals surface area contributed by atoms with Crippen molar-refractivity contribution in [1.29, 1.82) is 0 Å². The number of benzene rings is 3. The van der Waals surface area contributed by atoms with Gasteiger partial charge in [0.25, 0.3) is 17.7 Å². The van der Waals surface area contributed by atoms with E-state index in [2.05, 4.69) is 10.6 Å². The van der Waals surface area contributed by atoms with Gasteiger partial charge in [-0.1, -0.05) is 6.07 Å². The minimum Gasteiger partial charge on any atom is -0.493 e. The predicted octanol–water partition coefficient (Wildman–Crippen LogP) is 3.25. The van der Waals surface area contributed by atoms with E-state index in [9.17, 15) is 23.6 Å². The zero-order valence-corrected chi connectivity index (χ0v) is 20.4. The van der Waals surface area contributed by atoms with Crippen LogP contribution in [0.4, 0.5) is 20.6 Å². The molecule has 39 heavy (non-hydrogen) atoms. The Bertz CT molecular complexity index is 1520. The fourth-order valence-electron chi connectivity index (χ4n) is 3.85. The first kappa shape index (κ1) is 25.3. The lowest BCUT2D eigenvalue weighted by molar-refractivity contribution is -0.122. The molecular weight excluding hydrogens is 513 g/mol. The number of fused-ring (bicyclic) bond motifs is 1. The maximum absolute atomic E-state index is 13.2. The van der Waals surface area contributed by atoms with E-state index in [1.54, 1.807) is 12.1 Å². The molecule has 0 unspecified atom stereocenters. The van der Waals surface area contributed by atoms with Gasteiger partial charge in [0.05, 0.1) is 12.8 Å². The third kappa shape index (κ3) is 5.34. The minimum absolute atomic E-state index is 0.0169. The molecule has 2 N–H and O–H groups in total. The predicted molar refractivity (Wildman–Crippen MR) is 135 cm³/mol. The number of carbonyl (C=O) groups is 4. The smallest absolute Gasteiger partial charge is 0.335 e. The Balaban J connectivity index is 1.32. The number of halogens is 1. The number of imide groups is 2. The van der Waals surface area contributed by atoms with Crippen molar-refractivity contribution in [3.05, 3.63) is 77.6 Å². The van der Waals surface area contributed by atoms with Crippen molar-refractivity contribution >= 4 is 41.2 Å². The van der Waals surface area contributed by atoms with E-state index in [1.165, 1.54) is 61.7 Å². The number of anilines is 2. The molecule has 1 fully saturated rings. The minimum atomic E-state index is -0.902. The summed E-state index contributed by atoms with van der Waals surface area (Å²) in [6.45, 7) is -0.343. The number of urea groups is 1. The molecule has 3 aromatic rings. The Labute approximate surface area is 220 Å². The van der Waals surface area contributed by atoms with Gasteiger partial charge in [-0.05, 0) is 60.2 Å². The van der Waals surface area contributed by atoms with Gasteiger partial charge < -0.3 is 24.3 Å². The van der Waals surface area contributed by atoms with Gasteiger partial charge in [0.2, 0.25) is 6.79 Å². The van der Waals surface area contributed by atoms with Crippen LogP contribution in [0.1, 0.15) is 5.56 Å². The lowest BCUT2D eigenvalue weighted by atomic mass is 10.1. The number of nitrogens with one attached hydrogen (secondary N) is 2. The van der Waals surface area contributed by atoms with Gasteiger partial charge in [0.1, 0.15) is 11.4 Å². The largest absolute Gasteiger partial charge is 0.493 e. The average molecular weight is 533 g/mol. The summed E-state index contributed by atoms with van der Waals surface area (Å²) >= 11 is 0. The standard InChI is InChI=1S/C27H20FN3O8/c1-36-22-11-15(2-8-20(22)37-13-24(32)29-17-5-3-16(28)4-6-17)10-19-25(33)30-27(35)31(26(19)34)18-7-9-21-23(12-18)39-14-38-21/h2-12H,13-14H2,1H3,(H,29,32)(H,30,33,35)/b19-10+. The molecule has 11 nitrogen and oxygen atoms in total. The van der Waals surface area contributed by atoms with Crippen LogP contribution < -0.4 is 34.5 Å². The molecule has 0 spiro atoms. The molecule has 0 aromatic heterocycles. The topological polar surface area (TPSA) is 133 Å². The van der Waals surface area contributed by atoms with Crippen LogP contribution in [0, 0.1) is 5.82 Å². The summed E-state index contributed by atoms with van der Waals surface area (Å²) in [4.78, 5) is 51.3. The van der Waals surface area contributed by atoms with Crippen LogP contribution in [0.5, 0.6) is 23.0 Å². The van der Waals surface area contributed by atoms with Gasteiger partial charge in [-0.15, -0.1) is 0 Å². The lowest BCUT2D eigenvalue weighted by Gasteiger charge is -2.26. The Morgan fingerprint density at radius 3 is 2.56 bits per heavy atom. The van der Waals surface area contributed by atoms with Crippen LogP contribution >= 0.6 is 0 Å². The first-order valence-corrected chi connectivity index (χ1v) is 11.5. The summed E-state index contributed by atoms with van der Waals surface area (Å²) in [5.41, 5.74) is 0.707. The van der Waals surface area contributed by atoms with Gasteiger partial charge in [-0.25, -0.2) is 14.1 Å². The van der Waals surface area contributed by atoms with Crippen molar-refractivity contribution in [1.82, 2.24) is 5.32 Å². The molecule has 2 aliphatic rings. The van der Waals surface area contributed by atoms with Crippen LogP contribution in [0.3, 0.4) is 0 Å². The van der Waals surface area contributed by atoms with Crippen molar-refractivity contribution in [2.45, 2.75) is 0 Å². The average Bonchev–Trinajstić information content (AvgIpc) is 3.39. The highest BCUT2D eigenvalue weighted by Gasteiger charge is 2.37. The summed E-state index contributed by atoms with van der Waals surface area (Å²) in [5.74, 6) is -1.31. The number of ether oxygens (including phenoxy) is 4. The fourth-order valence-corrected chi connectivity index (χ4v) is 3.85. The normalized spacial score (nSPS) is 15.3. The highest BCUT2D eigenvalue weighted by molar-refractivity contribution is 6.39. The zero-order valence-electron chi connectivity index (χ0n) is 20.4. The molecule has 12 heteroatoms. The number of rotatable bonds is 7.